The second-order valence-electron chi connectivity index (χ2n) is 4.70. The van der Waals surface area contributed by atoms with E-state index in [0.29, 0.717) is 5.02 Å². The predicted octanol–water partition coefficient (Wildman–Crippen LogP) is 2.75. The number of aryl methyl sites for hydroxylation is 1. The molecule has 3 nitrogen and oxygen atoms in total. The number of hydrogen-bond donors (Lipinski definition) is 1. The lowest BCUT2D eigenvalue weighted by atomic mass is 10.0. The van der Waals surface area contributed by atoms with E-state index < -0.39 is 0 Å². The van der Waals surface area contributed by atoms with Gasteiger partial charge in [-0.15, -0.1) is 0 Å². The molecular weight excluding hydrogens is 248 g/mol. The van der Waals surface area contributed by atoms with Gasteiger partial charge in [-0.05, 0) is 44.0 Å². The summed E-state index contributed by atoms with van der Waals surface area (Å²) in [5.41, 5.74) is 1.96. The van der Waals surface area contributed by atoms with Crippen molar-refractivity contribution in [1.82, 2.24) is 5.32 Å². The van der Waals surface area contributed by atoms with Gasteiger partial charge in [0.25, 0.3) is 0 Å². The third-order valence-corrected chi connectivity index (χ3v) is 3.60. The van der Waals surface area contributed by atoms with Crippen LogP contribution in [0.1, 0.15) is 25.3 Å². The molecule has 1 aliphatic heterocycles. The molecule has 98 valence electrons. The Morgan fingerprint density at radius 3 is 3.00 bits per heavy atom. The minimum Gasteiger partial charge on any atom is -0.310 e. The summed E-state index contributed by atoms with van der Waals surface area (Å²) < 4.78 is 0. The molecule has 1 aromatic carbocycles. The Morgan fingerprint density at radius 2 is 2.28 bits per heavy atom. The van der Waals surface area contributed by atoms with Crippen LogP contribution in [0.3, 0.4) is 0 Å². The van der Waals surface area contributed by atoms with Gasteiger partial charge >= 0.3 is 0 Å². The van der Waals surface area contributed by atoms with Crippen LogP contribution in [0, 0.1) is 6.92 Å². The number of amides is 1. The van der Waals surface area contributed by atoms with Crippen molar-refractivity contribution < 1.29 is 4.79 Å². The molecule has 0 aliphatic carbocycles. The molecule has 1 amide bonds. The van der Waals surface area contributed by atoms with Gasteiger partial charge in [0, 0.05) is 6.54 Å². The highest BCUT2D eigenvalue weighted by Crippen LogP contribution is 2.29. The number of nitrogens with one attached hydrogen (secondary N) is 1. The van der Waals surface area contributed by atoms with E-state index in [2.05, 4.69) is 5.32 Å². The smallest absolute Gasteiger partial charge is 0.244 e. The summed E-state index contributed by atoms with van der Waals surface area (Å²) in [6.07, 6.45) is 1.92. The predicted molar refractivity (Wildman–Crippen MR) is 75.2 cm³/mol. The third-order valence-electron chi connectivity index (χ3n) is 3.28. The maximum Gasteiger partial charge on any atom is 0.244 e. The van der Waals surface area contributed by atoms with Crippen molar-refractivity contribution in [2.75, 3.05) is 18.0 Å². The zero-order valence-electron chi connectivity index (χ0n) is 10.9. The summed E-state index contributed by atoms with van der Waals surface area (Å²) in [6, 6.07) is 5.73. The molecule has 18 heavy (non-hydrogen) atoms. The van der Waals surface area contributed by atoms with E-state index in [0.717, 1.165) is 37.2 Å². The Bertz CT molecular complexity index is 445. The molecule has 0 aromatic heterocycles. The molecule has 0 bridgehead atoms. The second-order valence-corrected chi connectivity index (χ2v) is 5.10. The summed E-state index contributed by atoms with van der Waals surface area (Å²) >= 11 is 6.21. The van der Waals surface area contributed by atoms with E-state index in [1.54, 1.807) is 0 Å². The van der Waals surface area contributed by atoms with Crippen LogP contribution in [-0.4, -0.2) is 25.0 Å². The summed E-state index contributed by atoms with van der Waals surface area (Å²) in [7, 11) is 0. The Kier molecular flexibility index (Phi) is 4.25. The Labute approximate surface area is 113 Å². The van der Waals surface area contributed by atoms with Gasteiger partial charge in [-0.2, -0.15) is 0 Å². The van der Waals surface area contributed by atoms with Gasteiger partial charge in [-0.1, -0.05) is 24.6 Å². The number of anilines is 1. The minimum atomic E-state index is -0.0691. The van der Waals surface area contributed by atoms with Crippen molar-refractivity contribution in [3.05, 3.63) is 28.8 Å². The van der Waals surface area contributed by atoms with Gasteiger partial charge in [0.1, 0.15) is 0 Å². The summed E-state index contributed by atoms with van der Waals surface area (Å²) in [4.78, 5) is 14.2. The second kappa shape index (κ2) is 5.72. The molecule has 0 spiro atoms. The van der Waals surface area contributed by atoms with Gasteiger partial charge < -0.3 is 10.2 Å². The van der Waals surface area contributed by atoms with Crippen LogP contribution in [0.5, 0.6) is 0 Å². The van der Waals surface area contributed by atoms with Gasteiger partial charge in [-0.3, -0.25) is 4.79 Å². The fourth-order valence-corrected chi connectivity index (χ4v) is 2.60. The van der Waals surface area contributed by atoms with Crippen molar-refractivity contribution >= 4 is 23.2 Å². The molecule has 1 heterocycles. The van der Waals surface area contributed by atoms with Gasteiger partial charge in [0.05, 0.1) is 16.8 Å². The molecule has 1 fully saturated rings. The summed E-state index contributed by atoms with van der Waals surface area (Å²) in [5, 5.41) is 3.88. The van der Waals surface area contributed by atoms with Gasteiger partial charge in [0.2, 0.25) is 5.91 Å². The summed E-state index contributed by atoms with van der Waals surface area (Å²) in [5.74, 6) is 0.135. The van der Waals surface area contributed by atoms with E-state index in [-0.39, 0.29) is 11.9 Å². The number of piperidine rings is 1. The van der Waals surface area contributed by atoms with E-state index in [9.17, 15) is 4.79 Å². The average molecular weight is 267 g/mol. The van der Waals surface area contributed by atoms with E-state index >= 15 is 0 Å². The number of benzene rings is 1. The normalized spacial score (nSPS) is 20.3. The molecule has 4 heteroatoms. The SMILES string of the molecule is CCNC1CCCN(c2cc(C)ccc2Cl)C1=O. The maximum absolute atomic E-state index is 12.4. The average Bonchev–Trinajstić information content (AvgIpc) is 2.35. The van der Waals surface area contributed by atoms with Gasteiger partial charge in [-0.25, -0.2) is 0 Å². The van der Waals surface area contributed by atoms with Crippen molar-refractivity contribution in [1.29, 1.82) is 0 Å². The number of likely N-dealkylation sites (N-methyl/N-ethyl adjacent to an activating group) is 1. The molecule has 1 N–H and O–H groups in total. The van der Waals surface area contributed by atoms with Crippen molar-refractivity contribution in [3.8, 4) is 0 Å². The first-order valence-electron chi connectivity index (χ1n) is 6.44. The number of halogens is 1. The van der Waals surface area contributed by atoms with Crippen molar-refractivity contribution in [2.24, 2.45) is 0 Å². The number of carbonyl (C=O) groups excluding carboxylic acids is 1. The fraction of sp³-hybridized carbons (Fsp3) is 0.500. The largest absolute Gasteiger partial charge is 0.310 e. The minimum absolute atomic E-state index is 0.0691. The first-order valence-corrected chi connectivity index (χ1v) is 6.82. The van der Waals surface area contributed by atoms with E-state index in [4.69, 9.17) is 11.6 Å². The highest BCUT2D eigenvalue weighted by atomic mass is 35.5. The van der Waals surface area contributed by atoms with Crippen LogP contribution in [0.15, 0.2) is 18.2 Å². The molecule has 1 atom stereocenters. The summed E-state index contributed by atoms with van der Waals surface area (Å²) in [6.45, 7) is 5.59. The zero-order valence-corrected chi connectivity index (χ0v) is 11.6. The number of rotatable bonds is 3. The monoisotopic (exact) mass is 266 g/mol. The lowest BCUT2D eigenvalue weighted by Crippen LogP contribution is -2.50. The molecule has 0 saturated carbocycles. The van der Waals surface area contributed by atoms with Crippen LogP contribution in [0.25, 0.3) is 0 Å². The molecule has 1 aromatic rings. The third kappa shape index (κ3) is 2.68. The number of hydrogen-bond acceptors (Lipinski definition) is 2. The lowest BCUT2D eigenvalue weighted by molar-refractivity contribution is -0.121. The molecule has 1 unspecified atom stereocenters. The first kappa shape index (κ1) is 13.4. The first-order chi connectivity index (χ1) is 8.63. The van der Waals surface area contributed by atoms with Crippen LogP contribution in [0.4, 0.5) is 5.69 Å². The Balaban J connectivity index is 2.26. The highest BCUT2D eigenvalue weighted by Gasteiger charge is 2.29. The Morgan fingerprint density at radius 1 is 1.50 bits per heavy atom. The highest BCUT2D eigenvalue weighted by molar-refractivity contribution is 6.33. The molecular formula is C14H19ClN2O. The van der Waals surface area contributed by atoms with Crippen molar-refractivity contribution in [3.63, 3.8) is 0 Å². The molecule has 0 radical (unpaired) electrons. The standard InChI is InChI=1S/C14H19ClN2O/c1-3-16-12-5-4-8-17(14(12)18)13-9-10(2)6-7-11(13)15/h6-7,9,12,16H,3-5,8H2,1-2H3. The van der Waals surface area contributed by atoms with Gasteiger partial charge in [0.15, 0.2) is 0 Å². The van der Waals surface area contributed by atoms with Crippen LogP contribution in [0.2, 0.25) is 5.02 Å². The van der Waals surface area contributed by atoms with E-state index in [1.807, 2.05) is 36.9 Å². The Hall–Kier alpha value is -1.06. The topological polar surface area (TPSA) is 32.3 Å². The van der Waals surface area contributed by atoms with E-state index in [1.165, 1.54) is 0 Å². The number of nitrogens with zero attached hydrogens (tertiary/aromatic N) is 1. The molecule has 1 aliphatic rings. The lowest BCUT2D eigenvalue weighted by Gasteiger charge is -2.33. The van der Waals surface area contributed by atoms with Crippen molar-refractivity contribution in [2.45, 2.75) is 32.7 Å². The zero-order chi connectivity index (χ0) is 13.1. The number of carbonyl (C=O) groups is 1. The van der Waals surface area contributed by atoms with Crippen LogP contribution in [-0.2, 0) is 4.79 Å². The maximum atomic E-state index is 12.4. The molecule has 1 saturated heterocycles. The molecule has 2 rings (SSSR count). The van der Waals surface area contributed by atoms with Crippen LogP contribution < -0.4 is 10.2 Å². The quantitative estimate of drug-likeness (QED) is 0.912. The van der Waals surface area contributed by atoms with Crippen LogP contribution >= 0.6 is 11.6 Å². The fourth-order valence-electron chi connectivity index (χ4n) is 2.38.